The first-order chi connectivity index (χ1) is 11.2. The van der Waals surface area contributed by atoms with Crippen LogP contribution in [0.5, 0.6) is 0 Å². The van der Waals surface area contributed by atoms with Crippen LogP contribution >= 0.6 is 11.6 Å². The number of piperidine rings is 1. The van der Waals surface area contributed by atoms with Gasteiger partial charge in [0.05, 0.1) is 6.54 Å². The average Bonchev–Trinajstić information content (AvgIpc) is 2.61. The number of amides is 1. The average molecular weight is 337 g/mol. The zero-order valence-corrected chi connectivity index (χ0v) is 14.2. The molecular formula is C17H25ClN4O. The summed E-state index contributed by atoms with van der Waals surface area (Å²) in [5.74, 6) is 0.0762. The molecule has 0 bridgehead atoms. The van der Waals surface area contributed by atoms with E-state index in [4.69, 9.17) is 17.3 Å². The molecule has 0 aliphatic carbocycles. The molecule has 1 aromatic carbocycles. The summed E-state index contributed by atoms with van der Waals surface area (Å²) in [6, 6.07) is 8.53. The van der Waals surface area contributed by atoms with Crippen molar-refractivity contribution in [3.8, 4) is 0 Å². The Hall–Kier alpha value is -1.30. The van der Waals surface area contributed by atoms with E-state index in [2.05, 4.69) is 15.9 Å². The molecule has 0 aromatic heterocycles. The number of likely N-dealkylation sites (tertiary alicyclic amines) is 1. The van der Waals surface area contributed by atoms with Crippen molar-refractivity contribution in [2.45, 2.75) is 18.9 Å². The van der Waals surface area contributed by atoms with Gasteiger partial charge in [-0.25, -0.2) is 0 Å². The Morgan fingerprint density at radius 3 is 2.70 bits per heavy atom. The van der Waals surface area contributed by atoms with Crippen LogP contribution in [0.15, 0.2) is 24.3 Å². The lowest BCUT2D eigenvalue weighted by molar-refractivity contribution is -0.131. The predicted octanol–water partition coefficient (Wildman–Crippen LogP) is 1.41. The van der Waals surface area contributed by atoms with E-state index in [0.717, 1.165) is 50.7 Å². The summed E-state index contributed by atoms with van der Waals surface area (Å²) in [5, 5.41) is 0.785. The summed E-state index contributed by atoms with van der Waals surface area (Å²) < 4.78 is 0. The molecule has 0 saturated carbocycles. The molecule has 2 heterocycles. The first kappa shape index (κ1) is 16.6. The highest BCUT2D eigenvalue weighted by atomic mass is 35.5. The Morgan fingerprint density at radius 1 is 1.22 bits per heavy atom. The van der Waals surface area contributed by atoms with E-state index >= 15 is 0 Å². The second-order valence-corrected chi connectivity index (χ2v) is 6.78. The van der Waals surface area contributed by atoms with E-state index in [0.29, 0.717) is 6.04 Å². The number of carbonyl (C=O) groups excluding carboxylic acids is 1. The zero-order chi connectivity index (χ0) is 16.2. The van der Waals surface area contributed by atoms with Crippen LogP contribution in [0.4, 0.5) is 5.69 Å². The van der Waals surface area contributed by atoms with Crippen molar-refractivity contribution in [2.75, 3.05) is 50.7 Å². The maximum atomic E-state index is 11.8. The molecule has 1 aromatic rings. The fourth-order valence-corrected chi connectivity index (χ4v) is 3.81. The normalized spacial score (nSPS) is 23.1. The standard InChI is InChI=1S/C17H25ClN4O/c18-14-3-1-4-15(11-14)20-7-9-21(10-8-20)16-5-2-6-22(13-16)17(23)12-19/h1,3-4,11,16H,2,5-10,12-13,19H2/t16-/m1/s1. The van der Waals surface area contributed by atoms with Gasteiger partial charge in [0.15, 0.2) is 0 Å². The number of hydrogen-bond acceptors (Lipinski definition) is 4. The van der Waals surface area contributed by atoms with E-state index < -0.39 is 0 Å². The van der Waals surface area contributed by atoms with Crippen molar-refractivity contribution < 1.29 is 4.79 Å². The van der Waals surface area contributed by atoms with Gasteiger partial charge >= 0.3 is 0 Å². The van der Waals surface area contributed by atoms with E-state index in [1.165, 1.54) is 12.1 Å². The Labute approximate surface area is 143 Å². The fraction of sp³-hybridized carbons (Fsp3) is 0.588. The molecular weight excluding hydrogens is 312 g/mol. The van der Waals surface area contributed by atoms with Gasteiger partial charge in [-0.2, -0.15) is 0 Å². The minimum atomic E-state index is 0.0762. The Kier molecular flexibility index (Phi) is 5.41. The van der Waals surface area contributed by atoms with Crippen LogP contribution in [0.3, 0.4) is 0 Å². The highest BCUT2D eigenvalue weighted by Crippen LogP contribution is 2.23. The van der Waals surface area contributed by atoms with Gasteiger partial charge in [-0.05, 0) is 31.0 Å². The molecule has 2 saturated heterocycles. The third kappa shape index (κ3) is 3.97. The van der Waals surface area contributed by atoms with Gasteiger partial charge in [0.1, 0.15) is 0 Å². The molecule has 6 heteroatoms. The summed E-state index contributed by atoms with van der Waals surface area (Å²) in [5.41, 5.74) is 6.69. The minimum Gasteiger partial charge on any atom is -0.369 e. The summed E-state index contributed by atoms with van der Waals surface area (Å²) in [6.07, 6.45) is 2.25. The second kappa shape index (κ2) is 7.51. The van der Waals surface area contributed by atoms with Crippen LogP contribution in [-0.2, 0) is 4.79 Å². The number of benzene rings is 1. The maximum absolute atomic E-state index is 11.8. The lowest BCUT2D eigenvalue weighted by Gasteiger charge is -2.44. The zero-order valence-electron chi connectivity index (χ0n) is 13.5. The lowest BCUT2D eigenvalue weighted by Crippen LogP contribution is -2.56. The molecule has 2 aliphatic heterocycles. The molecule has 2 N–H and O–H groups in total. The van der Waals surface area contributed by atoms with E-state index in [1.807, 2.05) is 23.1 Å². The van der Waals surface area contributed by atoms with Crippen LogP contribution < -0.4 is 10.6 Å². The Morgan fingerprint density at radius 2 is 2.00 bits per heavy atom. The number of piperazine rings is 1. The quantitative estimate of drug-likeness (QED) is 0.907. The highest BCUT2D eigenvalue weighted by molar-refractivity contribution is 6.30. The van der Waals surface area contributed by atoms with Crippen molar-refractivity contribution in [2.24, 2.45) is 5.73 Å². The SMILES string of the molecule is NCC(=O)N1CCC[C@@H](N2CCN(c3cccc(Cl)c3)CC2)C1. The van der Waals surface area contributed by atoms with Gasteiger partial charge in [0.25, 0.3) is 0 Å². The number of nitrogens with zero attached hydrogens (tertiary/aromatic N) is 3. The van der Waals surface area contributed by atoms with Gasteiger partial charge in [0, 0.05) is 56.0 Å². The predicted molar refractivity (Wildman–Crippen MR) is 93.9 cm³/mol. The Bertz CT molecular complexity index is 545. The number of carbonyl (C=O) groups is 1. The molecule has 3 rings (SSSR count). The van der Waals surface area contributed by atoms with Crippen LogP contribution in [0.1, 0.15) is 12.8 Å². The molecule has 0 unspecified atom stereocenters. The van der Waals surface area contributed by atoms with Crippen LogP contribution in [0.2, 0.25) is 5.02 Å². The molecule has 5 nitrogen and oxygen atoms in total. The lowest BCUT2D eigenvalue weighted by atomic mass is 10.0. The van der Waals surface area contributed by atoms with Crippen molar-refractivity contribution in [1.29, 1.82) is 0 Å². The van der Waals surface area contributed by atoms with E-state index in [1.54, 1.807) is 0 Å². The third-order valence-electron chi connectivity index (χ3n) is 4.93. The third-order valence-corrected chi connectivity index (χ3v) is 5.16. The Balaban J connectivity index is 1.55. The largest absolute Gasteiger partial charge is 0.369 e. The number of hydrogen-bond donors (Lipinski definition) is 1. The van der Waals surface area contributed by atoms with Crippen LogP contribution in [0.25, 0.3) is 0 Å². The monoisotopic (exact) mass is 336 g/mol. The molecule has 0 spiro atoms. The van der Waals surface area contributed by atoms with Crippen molar-refractivity contribution in [3.05, 3.63) is 29.3 Å². The minimum absolute atomic E-state index is 0.0762. The number of halogens is 1. The van der Waals surface area contributed by atoms with Gasteiger partial charge in [-0.1, -0.05) is 17.7 Å². The first-order valence-corrected chi connectivity index (χ1v) is 8.77. The maximum Gasteiger partial charge on any atom is 0.236 e. The summed E-state index contributed by atoms with van der Waals surface area (Å²) in [6.45, 7) is 5.87. The van der Waals surface area contributed by atoms with Crippen molar-refractivity contribution >= 4 is 23.2 Å². The van der Waals surface area contributed by atoms with Crippen molar-refractivity contribution in [1.82, 2.24) is 9.80 Å². The topological polar surface area (TPSA) is 52.8 Å². The van der Waals surface area contributed by atoms with Crippen molar-refractivity contribution in [3.63, 3.8) is 0 Å². The number of rotatable bonds is 3. The van der Waals surface area contributed by atoms with E-state index in [-0.39, 0.29) is 12.5 Å². The summed E-state index contributed by atoms with van der Waals surface area (Å²) in [4.78, 5) is 18.7. The molecule has 0 radical (unpaired) electrons. The van der Waals surface area contributed by atoms with Gasteiger partial charge in [-0.15, -0.1) is 0 Å². The number of anilines is 1. The fourth-order valence-electron chi connectivity index (χ4n) is 3.63. The molecule has 126 valence electrons. The molecule has 2 aliphatic rings. The smallest absolute Gasteiger partial charge is 0.236 e. The van der Waals surface area contributed by atoms with Gasteiger partial charge < -0.3 is 15.5 Å². The summed E-state index contributed by atoms with van der Waals surface area (Å²) in [7, 11) is 0. The van der Waals surface area contributed by atoms with E-state index in [9.17, 15) is 4.79 Å². The molecule has 1 atom stereocenters. The van der Waals surface area contributed by atoms with Crippen LogP contribution in [-0.4, -0.2) is 67.6 Å². The van der Waals surface area contributed by atoms with Gasteiger partial charge in [0.2, 0.25) is 5.91 Å². The number of nitrogens with two attached hydrogens (primary N) is 1. The molecule has 1 amide bonds. The first-order valence-electron chi connectivity index (χ1n) is 8.40. The second-order valence-electron chi connectivity index (χ2n) is 6.34. The van der Waals surface area contributed by atoms with Crippen LogP contribution in [0, 0.1) is 0 Å². The highest BCUT2D eigenvalue weighted by Gasteiger charge is 2.29. The molecule has 2 fully saturated rings. The van der Waals surface area contributed by atoms with Gasteiger partial charge in [-0.3, -0.25) is 9.69 Å². The molecule has 23 heavy (non-hydrogen) atoms. The summed E-state index contributed by atoms with van der Waals surface area (Å²) >= 11 is 6.09.